The average molecular weight is 322 g/mol. The molecule has 1 aliphatic rings. The first-order valence-electron chi connectivity index (χ1n) is 8.21. The lowest BCUT2D eigenvalue weighted by atomic mass is 9.96. The van der Waals surface area contributed by atoms with Crippen molar-refractivity contribution in [2.75, 3.05) is 20.2 Å². The Morgan fingerprint density at radius 1 is 1.00 bits per heavy atom. The molecule has 0 aliphatic carbocycles. The van der Waals surface area contributed by atoms with Crippen LogP contribution in [0.25, 0.3) is 0 Å². The number of ether oxygens (including phenoxy) is 1. The van der Waals surface area contributed by atoms with E-state index in [9.17, 15) is 4.79 Å². The molecule has 0 radical (unpaired) electrons. The van der Waals surface area contributed by atoms with Gasteiger partial charge >= 0.3 is 0 Å². The third kappa shape index (κ3) is 3.77. The van der Waals surface area contributed by atoms with Gasteiger partial charge < -0.3 is 15.4 Å². The standard InChI is InChI=1S/C20H22N2O2/c1-24-17-10-8-16(9-11-17)19(23)18(20-21-12-5-13-22-20)14-15-6-3-2-4-7-15/h2-4,6-11,21-22H,5,12-14H2,1H3. The lowest BCUT2D eigenvalue weighted by Gasteiger charge is -2.23. The maximum atomic E-state index is 13.1. The van der Waals surface area contributed by atoms with Gasteiger partial charge in [-0.25, -0.2) is 0 Å². The number of carbonyl (C=O) groups is 1. The van der Waals surface area contributed by atoms with Crippen LogP contribution in [0.5, 0.6) is 5.75 Å². The molecule has 1 aliphatic heterocycles. The summed E-state index contributed by atoms with van der Waals surface area (Å²) < 4.78 is 5.17. The topological polar surface area (TPSA) is 50.4 Å². The summed E-state index contributed by atoms with van der Waals surface area (Å²) in [6.45, 7) is 1.77. The molecule has 1 saturated heterocycles. The second-order valence-electron chi connectivity index (χ2n) is 5.78. The van der Waals surface area contributed by atoms with Crippen molar-refractivity contribution in [3.63, 3.8) is 0 Å². The lowest BCUT2D eigenvalue weighted by Crippen LogP contribution is -2.37. The van der Waals surface area contributed by atoms with E-state index in [0.717, 1.165) is 42.2 Å². The molecular formula is C20H22N2O2. The van der Waals surface area contributed by atoms with Crippen molar-refractivity contribution in [1.29, 1.82) is 0 Å². The van der Waals surface area contributed by atoms with E-state index in [1.54, 1.807) is 7.11 Å². The van der Waals surface area contributed by atoms with Crippen molar-refractivity contribution in [2.24, 2.45) is 0 Å². The van der Waals surface area contributed by atoms with E-state index in [4.69, 9.17) is 4.74 Å². The lowest BCUT2D eigenvalue weighted by molar-refractivity contribution is 0.102. The van der Waals surface area contributed by atoms with Gasteiger partial charge in [0.1, 0.15) is 11.6 Å². The summed E-state index contributed by atoms with van der Waals surface area (Å²) in [7, 11) is 1.62. The highest BCUT2D eigenvalue weighted by atomic mass is 16.5. The second kappa shape index (κ2) is 7.68. The van der Waals surface area contributed by atoms with E-state index in [1.165, 1.54) is 0 Å². The number of allylic oxidation sites excluding steroid dienone is 1. The summed E-state index contributed by atoms with van der Waals surface area (Å²) in [6, 6.07) is 17.3. The van der Waals surface area contributed by atoms with Crippen LogP contribution in [0.4, 0.5) is 0 Å². The van der Waals surface area contributed by atoms with Gasteiger partial charge in [-0.2, -0.15) is 0 Å². The normalized spacial score (nSPS) is 13.6. The molecule has 0 unspecified atom stereocenters. The Labute approximate surface area is 142 Å². The molecule has 0 saturated carbocycles. The number of rotatable bonds is 5. The van der Waals surface area contributed by atoms with Crippen molar-refractivity contribution in [3.05, 3.63) is 77.1 Å². The minimum absolute atomic E-state index is 0.0402. The maximum Gasteiger partial charge on any atom is 0.192 e. The molecule has 4 nitrogen and oxygen atoms in total. The van der Waals surface area contributed by atoms with E-state index < -0.39 is 0 Å². The Kier molecular flexibility index (Phi) is 5.16. The Morgan fingerprint density at radius 3 is 2.29 bits per heavy atom. The van der Waals surface area contributed by atoms with Gasteiger partial charge in [0.2, 0.25) is 0 Å². The number of ketones is 1. The SMILES string of the molecule is COc1ccc(C(=O)C(Cc2ccccc2)=C2NCCCN2)cc1. The average Bonchev–Trinajstić information content (AvgIpc) is 2.67. The fourth-order valence-electron chi connectivity index (χ4n) is 2.79. The van der Waals surface area contributed by atoms with E-state index in [1.807, 2.05) is 54.6 Å². The molecule has 124 valence electrons. The molecule has 1 heterocycles. The van der Waals surface area contributed by atoms with Gasteiger partial charge in [-0.1, -0.05) is 30.3 Å². The summed E-state index contributed by atoms with van der Waals surface area (Å²) in [4.78, 5) is 13.1. The number of nitrogens with one attached hydrogen (secondary N) is 2. The van der Waals surface area contributed by atoms with Crippen molar-refractivity contribution >= 4 is 5.78 Å². The minimum Gasteiger partial charge on any atom is -0.497 e. The number of methoxy groups -OCH3 is 1. The predicted molar refractivity (Wildman–Crippen MR) is 95.1 cm³/mol. The molecule has 2 aromatic carbocycles. The molecule has 2 N–H and O–H groups in total. The van der Waals surface area contributed by atoms with E-state index in [-0.39, 0.29) is 5.78 Å². The number of benzene rings is 2. The predicted octanol–water partition coefficient (Wildman–Crippen LogP) is 2.92. The zero-order valence-electron chi connectivity index (χ0n) is 13.8. The van der Waals surface area contributed by atoms with E-state index >= 15 is 0 Å². The first-order valence-corrected chi connectivity index (χ1v) is 8.21. The number of carbonyl (C=O) groups excluding carboxylic acids is 1. The van der Waals surface area contributed by atoms with Gasteiger partial charge in [-0.3, -0.25) is 4.79 Å². The molecule has 4 heteroatoms. The van der Waals surface area contributed by atoms with E-state index in [2.05, 4.69) is 10.6 Å². The monoisotopic (exact) mass is 322 g/mol. The van der Waals surface area contributed by atoms with Gasteiger partial charge in [0, 0.05) is 30.6 Å². The summed E-state index contributed by atoms with van der Waals surface area (Å²) >= 11 is 0. The molecule has 0 bridgehead atoms. The fraction of sp³-hybridized carbons (Fsp3) is 0.250. The van der Waals surface area contributed by atoms with Crippen molar-refractivity contribution < 1.29 is 9.53 Å². The third-order valence-electron chi connectivity index (χ3n) is 4.11. The van der Waals surface area contributed by atoms with Crippen LogP contribution in [0.3, 0.4) is 0 Å². The number of Topliss-reactive ketones (excluding diaryl/α,β-unsaturated/α-hetero) is 1. The molecule has 24 heavy (non-hydrogen) atoms. The molecular weight excluding hydrogens is 300 g/mol. The zero-order valence-corrected chi connectivity index (χ0v) is 13.8. The van der Waals surface area contributed by atoms with Crippen LogP contribution < -0.4 is 15.4 Å². The molecule has 0 spiro atoms. The van der Waals surface area contributed by atoms with Gasteiger partial charge in [0.25, 0.3) is 0 Å². The highest BCUT2D eigenvalue weighted by Gasteiger charge is 2.19. The largest absolute Gasteiger partial charge is 0.497 e. The summed E-state index contributed by atoms with van der Waals surface area (Å²) in [5, 5.41) is 6.67. The van der Waals surface area contributed by atoms with Crippen molar-refractivity contribution in [2.45, 2.75) is 12.8 Å². The Hall–Kier alpha value is -2.75. The molecule has 3 rings (SSSR count). The van der Waals surface area contributed by atoms with Gasteiger partial charge in [0.15, 0.2) is 5.78 Å². The highest BCUT2D eigenvalue weighted by molar-refractivity contribution is 6.09. The van der Waals surface area contributed by atoms with Crippen LogP contribution in [-0.2, 0) is 6.42 Å². The number of hydrogen-bond donors (Lipinski definition) is 2. The highest BCUT2D eigenvalue weighted by Crippen LogP contribution is 2.19. The van der Waals surface area contributed by atoms with Crippen molar-refractivity contribution in [3.8, 4) is 5.75 Å². The fourth-order valence-corrected chi connectivity index (χ4v) is 2.79. The van der Waals surface area contributed by atoms with Gasteiger partial charge in [0.05, 0.1) is 7.11 Å². The molecule has 2 aromatic rings. The Morgan fingerprint density at radius 2 is 1.67 bits per heavy atom. The van der Waals surface area contributed by atoms with Crippen LogP contribution in [0, 0.1) is 0 Å². The molecule has 0 aromatic heterocycles. The number of hydrogen-bond acceptors (Lipinski definition) is 4. The van der Waals surface area contributed by atoms with Crippen LogP contribution in [0.1, 0.15) is 22.3 Å². The second-order valence-corrected chi connectivity index (χ2v) is 5.78. The first kappa shape index (κ1) is 16.1. The van der Waals surface area contributed by atoms with E-state index in [0.29, 0.717) is 12.0 Å². The smallest absolute Gasteiger partial charge is 0.192 e. The summed E-state index contributed by atoms with van der Waals surface area (Å²) in [5.41, 5.74) is 2.56. The van der Waals surface area contributed by atoms with Crippen LogP contribution in [-0.4, -0.2) is 26.0 Å². The minimum atomic E-state index is 0.0402. The third-order valence-corrected chi connectivity index (χ3v) is 4.11. The summed E-state index contributed by atoms with van der Waals surface area (Å²) in [5.74, 6) is 1.64. The van der Waals surface area contributed by atoms with Crippen LogP contribution >= 0.6 is 0 Å². The first-order chi connectivity index (χ1) is 11.8. The summed E-state index contributed by atoms with van der Waals surface area (Å²) in [6.07, 6.45) is 1.65. The molecule has 1 fully saturated rings. The molecule has 0 atom stereocenters. The Bertz CT molecular complexity index is 713. The van der Waals surface area contributed by atoms with Crippen LogP contribution in [0.15, 0.2) is 66.0 Å². The van der Waals surface area contributed by atoms with Gasteiger partial charge in [-0.15, -0.1) is 0 Å². The zero-order chi connectivity index (χ0) is 16.8. The van der Waals surface area contributed by atoms with Gasteiger partial charge in [-0.05, 0) is 36.2 Å². The quantitative estimate of drug-likeness (QED) is 0.656. The molecule has 0 amide bonds. The van der Waals surface area contributed by atoms with Crippen LogP contribution in [0.2, 0.25) is 0 Å². The Balaban J connectivity index is 1.92. The maximum absolute atomic E-state index is 13.1. The van der Waals surface area contributed by atoms with Crippen molar-refractivity contribution in [1.82, 2.24) is 10.6 Å².